The third-order valence-corrected chi connectivity index (χ3v) is 3.58. The Morgan fingerprint density at radius 2 is 1.95 bits per heavy atom. The van der Waals surface area contributed by atoms with Gasteiger partial charge in [-0.25, -0.2) is 0 Å². The Balaban J connectivity index is 1.83. The number of amides is 1. The number of anilines is 2. The predicted molar refractivity (Wildman–Crippen MR) is 89.0 cm³/mol. The summed E-state index contributed by atoms with van der Waals surface area (Å²) in [5.41, 5.74) is 4.47. The number of hydrogen-bond donors (Lipinski definition) is 2. The van der Waals surface area contributed by atoms with E-state index < -0.39 is 0 Å². The fourth-order valence-corrected chi connectivity index (χ4v) is 2.54. The minimum Gasteiger partial charge on any atom is -0.494 e. The molecular formula is C18H18N2O2. The van der Waals surface area contributed by atoms with Gasteiger partial charge in [-0.15, -0.1) is 0 Å². The number of fused-ring (bicyclic) bond motifs is 1. The van der Waals surface area contributed by atoms with Crippen LogP contribution < -0.4 is 15.4 Å². The van der Waals surface area contributed by atoms with Gasteiger partial charge in [-0.1, -0.05) is 12.1 Å². The van der Waals surface area contributed by atoms with Crippen LogP contribution in [0, 0.1) is 6.92 Å². The summed E-state index contributed by atoms with van der Waals surface area (Å²) in [7, 11) is 0. The molecule has 1 aliphatic heterocycles. The molecule has 2 aromatic carbocycles. The van der Waals surface area contributed by atoms with Gasteiger partial charge in [0, 0.05) is 23.1 Å². The number of benzene rings is 2. The maximum atomic E-state index is 12.1. The van der Waals surface area contributed by atoms with Crippen molar-refractivity contribution in [3.63, 3.8) is 0 Å². The Bertz CT molecular complexity index is 733. The third kappa shape index (κ3) is 2.68. The normalized spacial score (nSPS) is 14.6. The maximum absolute atomic E-state index is 12.1. The highest BCUT2D eigenvalue weighted by atomic mass is 16.5. The largest absolute Gasteiger partial charge is 0.494 e. The first-order valence-electron chi connectivity index (χ1n) is 7.30. The molecule has 2 aromatic rings. The van der Waals surface area contributed by atoms with Gasteiger partial charge >= 0.3 is 0 Å². The van der Waals surface area contributed by atoms with Crippen molar-refractivity contribution in [3.05, 3.63) is 59.8 Å². The maximum Gasteiger partial charge on any atom is 0.257 e. The van der Waals surface area contributed by atoms with Crippen molar-refractivity contribution >= 4 is 22.9 Å². The van der Waals surface area contributed by atoms with E-state index in [1.54, 1.807) is 6.20 Å². The molecule has 0 fully saturated rings. The standard InChI is InChI=1S/C18H18N2O2/c1-3-22-14-9-7-13(8-10-14)19-11-15-17-12(2)5-4-6-16(17)20-18(15)21/h4-11,19H,3H2,1-2H3,(H,20,21). The molecule has 0 saturated heterocycles. The van der Waals surface area contributed by atoms with Crippen LogP contribution in [0.15, 0.2) is 48.7 Å². The molecule has 0 aromatic heterocycles. The molecule has 22 heavy (non-hydrogen) atoms. The van der Waals surface area contributed by atoms with Crippen molar-refractivity contribution < 1.29 is 9.53 Å². The number of ether oxygens (including phenoxy) is 1. The van der Waals surface area contributed by atoms with Crippen LogP contribution in [0.1, 0.15) is 18.1 Å². The Kier molecular flexibility index (Phi) is 3.83. The molecule has 2 N–H and O–H groups in total. The van der Waals surface area contributed by atoms with Crippen LogP contribution in [0.4, 0.5) is 11.4 Å². The predicted octanol–water partition coefficient (Wildman–Crippen LogP) is 3.80. The second-order valence-corrected chi connectivity index (χ2v) is 5.11. The summed E-state index contributed by atoms with van der Waals surface area (Å²) in [6.07, 6.45) is 1.75. The van der Waals surface area contributed by atoms with Gasteiger partial charge in [0.25, 0.3) is 5.91 Å². The second-order valence-electron chi connectivity index (χ2n) is 5.11. The molecule has 4 heteroatoms. The van der Waals surface area contributed by atoms with Gasteiger partial charge in [-0.2, -0.15) is 0 Å². The fraction of sp³-hybridized carbons (Fsp3) is 0.167. The first-order chi connectivity index (χ1) is 10.7. The summed E-state index contributed by atoms with van der Waals surface area (Å²) in [5, 5.41) is 6.06. The number of rotatable bonds is 4. The fourth-order valence-electron chi connectivity index (χ4n) is 2.54. The quantitative estimate of drug-likeness (QED) is 0.843. The summed E-state index contributed by atoms with van der Waals surface area (Å²) < 4.78 is 5.41. The molecular weight excluding hydrogens is 276 g/mol. The minimum atomic E-state index is -0.0808. The van der Waals surface area contributed by atoms with E-state index in [0.29, 0.717) is 12.2 Å². The molecule has 112 valence electrons. The summed E-state index contributed by atoms with van der Waals surface area (Å²) in [6.45, 7) is 4.60. The number of carbonyl (C=O) groups excluding carboxylic acids is 1. The Morgan fingerprint density at radius 1 is 1.18 bits per heavy atom. The lowest BCUT2D eigenvalue weighted by atomic mass is 10.0. The molecule has 4 nitrogen and oxygen atoms in total. The van der Waals surface area contributed by atoms with Crippen LogP contribution in [0.25, 0.3) is 5.57 Å². The minimum absolute atomic E-state index is 0.0808. The lowest BCUT2D eigenvalue weighted by Crippen LogP contribution is -2.05. The molecule has 0 unspecified atom stereocenters. The zero-order chi connectivity index (χ0) is 15.5. The highest BCUT2D eigenvalue weighted by Gasteiger charge is 2.25. The lowest BCUT2D eigenvalue weighted by molar-refractivity contribution is -0.110. The average Bonchev–Trinajstić information content (AvgIpc) is 2.84. The van der Waals surface area contributed by atoms with E-state index in [1.165, 1.54) is 0 Å². The van der Waals surface area contributed by atoms with Gasteiger partial charge < -0.3 is 15.4 Å². The molecule has 0 radical (unpaired) electrons. The zero-order valence-electron chi connectivity index (χ0n) is 12.6. The molecule has 0 atom stereocenters. The third-order valence-electron chi connectivity index (χ3n) is 3.58. The van der Waals surface area contributed by atoms with E-state index >= 15 is 0 Å². The van der Waals surface area contributed by atoms with Crippen LogP contribution in [-0.2, 0) is 4.79 Å². The van der Waals surface area contributed by atoms with E-state index in [0.717, 1.165) is 28.3 Å². The van der Waals surface area contributed by atoms with Crippen LogP contribution in [-0.4, -0.2) is 12.5 Å². The highest BCUT2D eigenvalue weighted by Crippen LogP contribution is 2.34. The van der Waals surface area contributed by atoms with Crippen molar-refractivity contribution in [2.24, 2.45) is 0 Å². The van der Waals surface area contributed by atoms with Crippen LogP contribution in [0.3, 0.4) is 0 Å². The molecule has 0 saturated carbocycles. The van der Waals surface area contributed by atoms with E-state index in [9.17, 15) is 4.79 Å². The second kappa shape index (κ2) is 5.93. The van der Waals surface area contributed by atoms with Gasteiger partial charge in [0.15, 0.2) is 0 Å². The SMILES string of the molecule is CCOc1ccc(NC=C2C(=O)Nc3cccc(C)c32)cc1. The first-order valence-corrected chi connectivity index (χ1v) is 7.30. The van der Waals surface area contributed by atoms with Gasteiger partial charge in [-0.05, 0) is 49.7 Å². The van der Waals surface area contributed by atoms with Crippen molar-refractivity contribution in [3.8, 4) is 5.75 Å². The number of aryl methyl sites for hydroxylation is 1. The van der Waals surface area contributed by atoms with E-state index in [4.69, 9.17) is 4.74 Å². The Morgan fingerprint density at radius 3 is 2.68 bits per heavy atom. The number of nitrogens with one attached hydrogen (secondary N) is 2. The molecule has 0 bridgehead atoms. The first kappa shape index (κ1) is 14.2. The van der Waals surface area contributed by atoms with Crippen molar-refractivity contribution in [2.45, 2.75) is 13.8 Å². The summed E-state index contributed by atoms with van der Waals surface area (Å²) >= 11 is 0. The average molecular weight is 294 g/mol. The summed E-state index contributed by atoms with van der Waals surface area (Å²) in [4.78, 5) is 12.1. The van der Waals surface area contributed by atoms with E-state index in [-0.39, 0.29) is 5.91 Å². The highest BCUT2D eigenvalue weighted by molar-refractivity contribution is 6.32. The molecule has 3 rings (SSSR count). The number of carbonyl (C=O) groups is 1. The topological polar surface area (TPSA) is 50.4 Å². The van der Waals surface area contributed by atoms with Crippen LogP contribution >= 0.6 is 0 Å². The van der Waals surface area contributed by atoms with Gasteiger partial charge in [0.05, 0.1) is 12.2 Å². The Labute approximate surface area is 129 Å². The van der Waals surface area contributed by atoms with Crippen molar-refractivity contribution in [1.29, 1.82) is 0 Å². The van der Waals surface area contributed by atoms with Crippen LogP contribution in [0.5, 0.6) is 5.75 Å². The van der Waals surface area contributed by atoms with E-state index in [2.05, 4.69) is 10.6 Å². The smallest absolute Gasteiger partial charge is 0.257 e. The van der Waals surface area contributed by atoms with Crippen LogP contribution in [0.2, 0.25) is 0 Å². The van der Waals surface area contributed by atoms with E-state index in [1.807, 2.05) is 56.3 Å². The molecule has 1 aliphatic rings. The zero-order valence-corrected chi connectivity index (χ0v) is 12.6. The summed E-state index contributed by atoms with van der Waals surface area (Å²) in [5.74, 6) is 0.753. The lowest BCUT2D eigenvalue weighted by Gasteiger charge is -2.06. The molecule has 1 amide bonds. The molecule has 0 spiro atoms. The van der Waals surface area contributed by atoms with Gasteiger partial charge in [-0.3, -0.25) is 4.79 Å². The number of hydrogen-bond acceptors (Lipinski definition) is 3. The summed E-state index contributed by atoms with van der Waals surface area (Å²) in [6, 6.07) is 13.5. The molecule has 0 aliphatic carbocycles. The van der Waals surface area contributed by atoms with Gasteiger partial charge in [0.1, 0.15) is 5.75 Å². The monoisotopic (exact) mass is 294 g/mol. The van der Waals surface area contributed by atoms with Crippen molar-refractivity contribution in [1.82, 2.24) is 0 Å². The Hall–Kier alpha value is -2.75. The molecule has 1 heterocycles. The van der Waals surface area contributed by atoms with Crippen molar-refractivity contribution in [2.75, 3.05) is 17.2 Å². The van der Waals surface area contributed by atoms with Gasteiger partial charge in [0.2, 0.25) is 0 Å².